The number of benzene rings is 1. The van der Waals surface area contributed by atoms with Crippen LogP contribution in [0, 0.1) is 12.3 Å². The molecule has 5 nitrogen and oxygen atoms in total. The first-order valence-electron chi connectivity index (χ1n) is 7.42. The number of aliphatic carboxylic acids is 1. The molecule has 0 spiro atoms. The number of aryl methyl sites for hydroxylation is 1. The Morgan fingerprint density at radius 2 is 1.95 bits per heavy atom. The van der Waals surface area contributed by atoms with Crippen LogP contribution in [0.25, 0.3) is 0 Å². The molecule has 1 rings (SSSR count). The largest absolute Gasteiger partial charge is 0.482 e. The van der Waals surface area contributed by atoms with Crippen LogP contribution >= 0.6 is 0 Å². The molecule has 1 aromatic rings. The van der Waals surface area contributed by atoms with Crippen molar-refractivity contribution in [3.63, 3.8) is 0 Å². The van der Waals surface area contributed by atoms with Crippen molar-refractivity contribution in [2.24, 2.45) is 5.41 Å². The molecule has 0 saturated heterocycles. The summed E-state index contributed by atoms with van der Waals surface area (Å²) in [5.74, 6) is -0.550. The summed E-state index contributed by atoms with van der Waals surface area (Å²) in [6.45, 7) is 7.94. The first kappa shape index (κ1) is 18.0. The molecule has 0 atom stereocenters. The van der Waals surface area contributed by atoms with Crippen molar-refractivity contribution in [1.29, 1.82) is 0 Å². The summed E-state index contributed by atoms with van der Waals surface area (Å²) in [6, 6.07) is 5.10. The number of carboxylic acid groups (broad SMARTS) is 1. The molecule has 0 heterocycles. The Morgan fingerprint density at radius 3 is 2.50 bits per heavy atom. The molecule has 0 aromatic heterocycles. The number of nitrogens with one attached hydrogen (secondary N) is 1. The fourth-order valence-electron chi connectivity index (χ4n) is 2.00. The number of hydrogen-bond donors (Lipinski definition) is 2. The highest BCUT2D eigenvalue weighted by Gasteiger charge is 2.12. The van der Waals surface area contributed by atoms with E-state index in [2.05, 4.69) is 26.1 Å². The molecular formula is C17H25NO4. The quantitative estimate of drug-likeness (QED) is 0.807. The van der Waals surface area contributed by atoms with E-state index in [1.54, 1.807) is 18.2 Å². The molecule has 22 heavy (non-hydrogen) atoms. The van der Waals surface area contributed by atoms with Crippen LogP contribution in [0.15, 0.2) is 18.2 Å². The smallest absolute Gasteiger partial charge is 0.341 e. The Bertz CT molecular complexity index is 532. The van der Waals surface area contributed by atoms with Gasteiger partial charge in [0.1, 0.15) is 5.75 Å². The van der Waals surface area contributed by atoms with Gasteiger partial charge in [-0.05, 0) is 48.9 Å². The van der Waals surface area contributed by atoms with Gasteiger partial charge in [-0.25, -0.2) is 4.79 Å². The van der Waals surface area contributed by atoms with Crippen LogP contribution in [0.5, 0.6) is 5.75 Å². The molecule has 1 amide bonds. The second kappa shape index (κ2) is 7.82. The Hall–Kier alpha value is -2.04. The molecule has 0 aliphatic rings. The maximum atomic E-state index is 11.9. The van der Waals surface area contributed by atoms with Gasteiger partial charge in [-0.1, -0.05) is 20.8 Å². The van der Waals surface area contributed by atoms with E-state index in [1.807, 2.05) is 6.92 Å². The third-order valence-corrected chi connectivity index (χ3v) is 3.16. The minimum Gasteiger partial charge on any atom is -0.482 e. The van der Waals surface area contributed by atoms with E-state index in [4.69, 9.17) is 9.84 Å². The van der Waals surface area contributed by atoms with E-state index in [9.17, 15) is 9.59 Å². The second-order valence-electron chi connectivity index (χ2n) is 6.62. The monoisotopic (exact) mass is 307 g/mol. The SMILES string of the molecule is Cc1cc(OCC(=O)O)ccc1NC(=O)CCCC(C)(C)C. The van der Waals surface area contributed by atoms with Gasteiger partial charge in [-0.15, -0.1) is 0 Å². The Kier molecular flexibility index (Phi) is 6.40. The fraction of sp³-hybridized carbons (Fsp3) is 0.529. The number of ether oxygens (including phenoxy) is 1. The molecule has 0 saturated carbocycles. The van der Waals surface area contributed by atoms with Crippen LogP contribution < -0.4 is 10.1 Å². The molecule has 0 unspecified atom stereocenters. The number of amides is 1. The van der Waals surface area contributed by atoms with Crippen LogP contribution in [0.3, 0.4) is 0 Å². The van der Waals surface area contributed by atoms with Crippen molar-refractivity contribution in [2.75, 3.05) is 11.9 Å². The van der Waals surface area contributed by atoms with Gasteiger partial charge in [-0.3, -0.25) is 4.79 Å². The molecule has 0 aliphatic heterocycles. The standard InChI is InChI=1S/C17H25NO4/c1-12-10-13(22-11-16(20)21)7-8-14(12)18-15(19)6-5-9-17(2,3)4/h7-8,10H,5-6,9,11H2,1-4H3,(H,18,19)(H,20,21). The topological polar surface area (TPSA) is 75.6 Å². The Labute approximate surface area is 131 Å². The number of hydrogen-bond acceptors (Lipinski definition) is 3. The minimum atomic E-state index is -1.02. The van der Waals surface area contributed by atoms with Gasteiger partial charge in [0.25, 0.3) is 0 Å². The molecule has 0 fully saturated rings. The van der Waals surface area contributed by atoms with Crippen LogP contribution in [0.4, 0.5) is 5.69 Å². The minimum absolute atomic E-state index is 0.00782. The third kappa shape index (κ3) is 7.11. The summed E-state index contributed by atoms with van der Waals surface area (Å²) in [4.78, 5) is 22.4. The number of anilines is 1. The number of carbonyl (C=O) groups excluding carboxylic acids is 1. The molecule has 0 bridgehead atoms. The number of carboxylic acids is 1. The van der Waals surface area contributed by atoms with Crippen LogP contribution in [-0.4, -0.2) is 23.6 Å². The maximum absolute atomic E-state index is 11.9. The van der Waals surface area contributed by atoms with Gasteiger partial charge in [0.2, 0.25) is 5.91 Å². The molecule has 5 heteroatoms. The first-order chi connectivity index (χ1) is 10.2. The van der Waals surface area contributed by atoms with Crippen LogP contribution in [-0.2, 0) is 9.59 Å². The lowest BCUT2D eigenvalue weighted by Gasteiger charge is -2.17. The van der Waals surface area contributed by atoms with E-state index in [0.29, 0.717) is 12.2 Å². The zero-order chi connectivity index (χ0) is 16.8. The van der Waals surface area contributed by atoms with Gasteiger partial charge in [-0.2, -0.15) is 0 Å². The lowest BCUT2D eigenvalue weighted by atomic mass is 9.90. The second-order valence-corrected chi connectivity index (χ2v) is 6.62. The van der Waals surface area contributed by atoms with Gasteiger partial charge in [0, 0.05) is 12.1 Å². The van der Waals surface area contributed by atoms with E-state index in [0.717, 1.165) is 24.1 Å². The van der Waals surface area contributed by atoms with Gasteiger partial charge < -0.3 is 15.2 Å². The van der Waals surface area contributed by atoms with E-state index in [-0.39, 0.29) is 17.9 Å². The number of rotatable bonds is 7. The molecule has 1 aromatic carbocycles. The van der Waals surface area contributed by atoms with Gasteiger partial charge in [0.05, 0.1) is 0 Å². The molecular weight excluding hydrogens is 282 g/mol. The third-order valence-electron chi connectivity index (χ3n) is 3.16. The maximum Gasteiger partial charge on any atom is 0.341 e. The predicted octanol–water partition coefficient (Wildman–Crippen LogP) is 3.61. The Morgan fingerprint density at radius 1 is 1.27 bits per heavy atom. The summed E-state index contributed by atoms with van der Waals surface area (Å²) in [7, 11) is 0. The van der Waals surface area contributed by atoms with Crippen molar-refractivity contribution in [3.05, 3.63) is 23.8 Å². The summed E-state index contributed by atoms with van der Waals surface area (Å²) in [5, 5.41) is 11.5. The predicted molar refractivity (Wildman–Crippen MR) is 86.2 cm³/mol. The average molecular weight is 307 g/mol. The van der Waals surface area contributed by atoms with Crippen molar-refractivity contribution in [1.82, 2.24) is 0 Å². The number of carbonyl (C=O) groups is 2. The highest BCUT2D eigenvalue weighted by Crippen LogP contribution is 2.23. The van der Waals surface area contributed by atoms with Crippen molar-refractivity contribution in [2.45, 2.75) is 47.0 Å². The Balaban J connectivity index is 2.51. The zero-order valence-electron chi connectivity index (χ0n) is 13.7. The summed E-state index contributed by atoms with van der Waals surface area (Å²) >= 11 is 0. The molecule has 2 N–H and O–H groups in total. The van der Waals surface area contributed by atoms with Gasteiger partial charge in [0.15, 0.2) is 6.61 Å². The van der Waals surface area contributed by atoms with Crippen molar-refractivity contribution >= 4 is 17.6 Å². The summed E-state index contributed by atoms with van der Waals surface area (Å²) < 4.78 is 5.10. The summed E-state index contributed by atoms with van der Waals surface area (Å²) in [6.07, 6.45) is 2.35. The van der Waals surface area contributed by atoms with Crippen LogP contribution in [0.2, 0.25) is 0 Å². The van der Waals surface area contributed by atoms with Crippen molar-refractivity contribution in [3.8, 4) is 5.75 Å². The average Bonchev–Trinajstić information content (AvgIpc) is 2.37. The lowest BCUT2D eigenvalue weighted by Crippen LogP contribution is -2.14. The first-order valence-corrected chi connectivity index (χ1v) is 7.42. The normalized spacial score (nSPS) is 11.1. The molecule has 122 valence electrons. The van der Waals surface area contributed by atoms with Crippen molar-refractivity contribution < 1.29 is 19.4 Å². The van der Waals surface area contributed by atoms with E-state index in [1.165, 1.54) is 0 Å². The van der Waals surface area contributed by atoms with E-state index >= 15 is 0 Å². The lowest BCUT2D eigenvalue weighted by molar-refractivity contribution is -0.139. The molecule has 0 aliphatic carbocycles. The van der Waals surface area contributed by atoms with Gasteiger partial charge >= 0.3 is 5.97 Å². The van der Waals surface area contributed by atoms with E-state index < -0.39 is 5.97 Å². The highest BCUT2D eigenvalue weighted by molar-refractivity contribution is 5.91. The zero-order valence-corrected chi connectivity index (χ0v) is 13.7. The highest BCUT2D eigenvalue weighted by atomic mass is 16.5. The molecule has 0 radical (unpaired) electrons. The van der Waals surface area contributed by atoms with Crippen LogP contribution in [0.1, 0.15) is 45.6 Å². The fourth-order valence-corrected chi connectivity index (χ4v) is 2.00. The summed E-state index contributed by atoms with van der Waals surface area (Å²) in [5.41, 5.74) is 1.80.